The molecule has 0 fully saturated rings. The molecule has 0 spiro atoms. The first kappa shape index (κ1) is 28.8. The Labute approximate surface area is 244 Å². The fourth-order valence-electron chi connectivity index (χ4n) is 5.89. The number of aryl methyl sites for hydroxylation is 1. The average molecular weight is 555 g/mol. The second-order valence-electron chi connectivity index (χ2n) is 11.4. The Bertz CT molecular complexity index is 1340. The number of esters is 1. The van der Waals surface area contributed by atoms with Gasteiger partial charge >= 0.3 is 5.97 Å². The van der Waals surface area contributed by atoms with Crippen LogP contribution in [-0.2, 0) is 33.8 Å². The van der Waals surface area contributed by atoms with E-state index in [1.54, 1.807) is 0 Å². The van der Waals surface area contributed by atoms with Gasteiger partial charge in [-0.1, -0.05) is 60.2 Å². The predicted octanol–water partition coefficient (Wildman–Crippen LogP) is 5.14. The largest absolute Gasteiger partial charge is 0.466 e. The van der Waals surface area contributed by atoms with Gasteiger partial charge in [-0.3, -0.25) is 19.5 Å². The number of amides is 1. The summed E-state index contributed by atoms with van der Waals surface area (Å²) >= 11 is 0. The number of hydrogen-bond acceptors (Lipinski definition) is 6. The number of allylic oxidation sites excluding steroid dienone is 3. The highest BCUT2D eigenvalue weighted by Gasteiger charge is 2.28. The Morgan fingerprint density at radius 2 is 1.90 bits per heavy atom. The molecule has 2 heterocycles. The zero-order chi connectivity index (χ0) is 28.8. The minimum Gasteiger partial charge on any atom is -0.466 e. The van der Waals surface area contributed by atoms with Crippen molar-refractivity contribution in [3.63, 3.8) is 0 Å². The monoisotopic (exact) mass is 554 g/mol. The molecule has 0 bridgehead atoms. The van der Waals surface area contributed by atoms with Crippen molar-refractivity contribution >= 4 is 23.4 Å². The second-order valence-corrected chi connectivity index (χ2v) is 11.4. The SMILES string of the molecule is CCOC(=O)CCc1ccc2c(c1)N(Cc1ccc(C3=NCCN3C)cc1)C(=O)CN(CC1C=CC(C)=CCC1)C2. The molecule has 0 saturated heterocycles. The number of fused-ring (bicyclic) bond motifs is 1. The molecular weight excluding hydrogens is 512 g/mol. The van der Waals surface area contributed by atoms with E-state index in [-0.39, 0.29) is 11.9 Å². The van der Waals surface area contributed by atoms with Crippen LogP contribution in [0.4, 0.5) is 5.69 Å². The van der Waals surface area contributed by atoms with Crippen molar-refractivity contribution < 1.29 is 14.3 Å². The molecule has 1 unspecified atom stereocenters. The number of nitrogens with zero attached hydrogens (tertiary/aromatic N) is 4. The molecule has 0 N–H and O–H groups in total. The van der Waals surface area contributed by atoms with Crippen LogP contribution >= 0.6 is 0 Å². The number of carbonyl (C=O) groups excluding carboxylic acids is 2. The Kier molecular flexibility index (Phi) is 9.35. The molecule has 41 heavy (non-hydrogen) atoms. The maximum Gasteiger partial charge on any atom is 0.306 e. The van der Waals surface area contributed by atoms with Gasteiger partial charge in [0.2, 0.25) is 5.91 Å². The van der Waals surface area contributed by atoms with Crippen molar-refractivity contribution in [2.75, 3.05) is 44.7 Å². The molecule has 0 aromatic heterocycles. The van der Waals surface area contributed by atoms with Gasteiger partial charge in [-0.05, 0) is 61.8 Å². The van der Waals surface area contributed by atoms with E-state index in [2.05, 4.69) is 89.5 Å². The lowest BCUT2D eigenvalue weighted by molar-refractivity contribution is -0.143. The lowest BCUT2D eigenvalue weighted by Gasteiger charge is -2.25. The minimum absolute atomic E-state index is 0.0992. The van der Waals surface area contributed by atoms with Crippen LogP contribution in [0.15, 0.2) is 71.3 Å². The number of rotatable bonds is 9. The van der Waals surface area contributed by atoms with Crippen molar-refractivity contribution in [3.05, 3.63) is 88.5 Å². The Morgan fingerprint density at radius 1 is 1.10 bits per heavy atom. The van der Waals surface area contributed by atoms with Gasteiger partial charge in [0.1, 0.15) is 5.84 Å². The van der Waals surface area contributed by atoms with Crippen LogP contribution in [0, 0.1) is 5.92 Å². The lowest BCUT2D eigenvalue weighted by Crippen LogP contribution is -2.38. The normalized spacial score (nSPS) is 19.4. The van der Waals surface area contributed by atoms with E-state index in [4.69, 9.17) is 4.74 Å². The molecule has 2 aromatic rings. The molecule has 0 saturated carbocycles. The minimum atomic E-state index is -0.194. The van der Waals surface area contributed by atoms with Crippen LogP contribution in [0.3, 0.4) is 0 Å². The van der Waals surface area contributed by atoms with Crippen LogP contribution in [0.5, 0.6) is 0 Å². The van der Waals surface area contributed by atoms with E-state index in [1.165, 1.54) is 5.57 Å². The van der Waals surface area contributed by atoms with E-state index in [1.807, 2.05) is 11.8 Å². The number of aliphatic imine (C=N–C) groups is 1. The number of carbonyl (C=O) groups is 2. The smallest absolute Gasteiger partial charge is 0.306 e. The zero-order valence-corrected chi connectivity index (χ0v) is 24.6. The molecule has 1 amide bonds. The van der Waals surface area contributed by atoms with Gasteiger partial charge in [-0.15, -0.1) is 0 Å². The Balaban J connectivity index is 1.38. The molecule has 0 radical (unpaired) electrons. The van der Waals surface area contributed by atoms with Gasteiger partial charge in [0.15, 0.2) is 0 Å². The third-order valence-corrected chi connectivity index (χ3v) is 8.16. The first-order valence-corrected chi connectivity index (χ1v) is 14.9. The van der Waals surface area contributed by atoms with Crippen LogP contribution in [0.1, 0.15) is 55.4 Å². The van der Waals surface area contributed by atoms with Crippen LogP contribution < -0.4 is 4.90 Å². The zero-order valence-electron chi connectivity index (χ0n) is 24.6. The standard InChI is InChI=1S/C34H42N4O3/c1-4-41-33(40)17-13-26-10-16-30-23-37(21-27-7-5-6-25(2)8-9-27)24-32(39)38(31(30)20-26)22-28-11-14-29(15-12-28)34-35-18-19-36(34)3/h6,8-12,14-16,20,27H,4-5,7,13,17-19,21-24H2,1-3H3. The second kappa shape index (κ2) is 13.3. The number of benzene rings is 2. The van der Waals surface area contributed by atoms with Crippen molar-refractivity contribution in [1.82, 2.24) is 9.80 Å². The quantitative estimate of drug-likeness (QED) is 0.402. The van der Waals surface area contributed by atoms with E-state index in [0.717, 1.165) is 72.8 Å². The van der Waals surface area contributed by atoms with Crippen molar-refractivity contribution in [1.29, 1.82) is 0 Å². The molecule has 7 heteroatoms. The van der Waals surface area contributed by atoms with Crippen LogP contribution in [-0.4, -0.2) is 67.3 Å². The van der Waals surface area contributed by atoms with Crippen molar-refractivity contribution in [2.45, 2.75) is 52.6 Å². The highest BCUT2D eigenvalue weighted by molar-refractivity contribution is 5.99. The van der Waals surface area contributed by atoms with Gasteiger partial charge in [0.25, 0.3) is 0 Å². The number of ether oxygens (including phenoxy) is 1. The fraction of sp³-hybridized carbons (Fsp3) is 0.441. The molecule has 2 aliphatic heterocycles. The van der Waals surface area contributed by atoms with E-state index >= 15 is 0 Å². The van der Waals surface area contributed by atoms with E-state index in [9.17, 15) is 9.59 Å². The highest BCUT2D eigenvalue weighted by Crippen LogP contribution is 2.30. The Morgan fingerprint density at radius 3 is 2.66 bits per heavy atom. The molecule has 216 valence electrons. The number of likely N-dealkylation sites (N-methyl/N-ethyl adjacent to an activating group) is 1. The molecule has 2 aromatic carbocycles. The number of amidine groups is 1. The maximum atomic E-state index is 13.9. The topological polar surface area (TPSA) is 65.5 Å². The molecule has 7 nitrogen and oxygen atoms in total. The number of anilines is 1. The molecule has 1 aliphatic carbocycles. The third-order valence-electron chi connectivity index (χ3n) is 8.16. The average Bonchev–Trinajstić information content (AvgIpc) is 3.22. The van der Waals surface area contributed by atoms with Gasteiger partial charge in [0, 0.05) is 44.4 Å². The van der Waals surface area contributed by atoms with Gasteiger partial charge in [-0.25, -0.2) is 0 Å². The summed E-state index contributed by atoms with van der Waals surface area (Å²) in [7, 11) is 2.07. The summed E-state index contributed by atoms with van der Waals surface area (Å²) in [6.07, 6.45) is 9.88. The first-order chi connectivity index (χ1) is 19.9. The fourth-order valence-corrected chi connectivity index (χ4v) is 5.89. The van der Waals surface area contributed by atoms with Gasteiger partial charge < -0.3 is 14.5 Å². The van der Waals surface area contributed by atoms with Gasteiger partial charge in [-0.2, -0.15) is 0 Å². The summed E-state index contributed by atoms with van der Waals surface area (Å²) < 4.78 is 5.14. The highest BCUT2D eigenvalue weighted by atomic mass is 16.5. The van der Waals surface area contributed by atoms with Crippen LogP contribution in [0.2, 0.25) is 0 Å². The lowest BCUT2D eigenvalue weighted by atomic mass is 10.0. The van der Waals surface area contributed by atoms with E-state index < -0.39 is 0 Å². The van der Waals surface area contributed by atoms with Crippen LogP contribution in [0.25, 0.3) is 0 Å². The predicted molar refractivity (Wildman–Crippen MR) is 164 cm³/mol. The molecule has 5 rings (SSSR count). The summed E-state index contributed by atoms with van der Waals surface area (Å²) in [6, 6.07) is 14.8. The summed E-state index contributed by atoms with van der Waals surface area (Å²) in [5.41, 5.74) is 6.61. The maximum absolute atomic E-state index is 13.9. The summed E-state index contributed by atoms with van der Waals surface area (Å²) in [4.78, 5) is 37.0. The first-order valence-electron chi connectivity index (χ1n) is 14.9. The molecule has 1 atom stereocenters. The summed E-state index contributed by atoms with van der Waals surface area (Å²) in [5, 5.41) is 0. The summed E-state index contributed by atoms with van der Waals surface area (Å²) in [6.45, 7) is 8.57. The molecular formula is C34H42N4O3. The third kappa shape index (κ3) is 7.33. The Hall–Kier alpha value is -3.71. The number of hydrogen-bond donors (Lipinski definition) is 0. The van der Waals surface area contributed by atoms with E-state index in [0.29, 0.717) is 38.5 Å². The van der Waals surface area contributed by atoms with Crippen molar-refractivity contribution in [3.8, 4) is 0 Å². The van der Waals surface area contributed by atoms with Crippen molar-refractivity contribution in [2.24, 2.45) is 10.9 Å². The molecule has 3 aliphatic rings. The summed E-state index contributed by atoms with van der Waals surface area (Å²) in [5.74, 6) is 1.34. The van der Waals surface area contributed by atoms with Gasteiger partial charge in [0.05, 0.1) is 26.2 Å².